The van der Waals surface area contributed by atoms with Gasteiger partial charge in [0, 0.05) is 10.4 Å². The molecule has 0 aliphatic carbocycles. The summed E-state index contributed by atoms with van der Waals surface area (Å²) in [5.41, 5.74) is -1.83. The number of hydrogen-bond acceptors (Lipinski definition) is 5. The van der Waals surface area contributed by atoms with Crippen LogP contribution in [-0.4, -0.2) is 15.4 Å². The maximum atomic E-state index is 13.3. The average Bonchev–Trinajstić information content (AvgIpc) is 3.45. The predicted octanol–water partition coefficient (Wildman–Crippen LogP) is 6.69. The van der Waals surface area contributed by atoms with Gasteiger partial charge in [-0.15, -0.1) is 16.4 Å². The van der Waals surface area contributed by atoms with Crippen LogP contribution in [0, 0.1) is 11.3 Å². The quantitative estimate of drug-likeness (QED) is 0.314. The van der Waals surface area contributed by atoms with E-state index < -0.39 is 35.6 Å². The third-order valence-electron chi connectivity index (χ3n) is 4.74. The fraction of sp³-hybridized carbons (Fsp3) is 0.136. The van der Waals surface area contributed by atoms with Gasteiger partial charge in [0.25, 0.3) is 0 Å². The lowest BCUT2D eigenvalue weighted by molar-refractivity contribution is -0.142. The molecule has 2 heterocycles. The zero-order chi connectivity index (χ0) is 24.5. The van der Waals surface area contributed by atoms with Crippen molar-refractivity contribution >= 4 is 11.3 Å². The number of benzene rings is 2. The van der Waals surface area contributed by atoms with Gasteiger partial charge in [0.15, 0.2) is 5.69 Å². The Morgan fingerprint density at radius 1 is 0.912 bits per heavy atom. The van der Waals surface area contributed by atoms with Gasteiger partial charge in [-0.1, -0.05) is 12.1 Å². The van der Waals surface area contributed by atoms with Crippen LogP contribution in [0.3, 0.4) is 0 Å². The van der Waals surface area contributed by atoms with E-state index in [0.29, 0.717) is 34.3 Å². The Kier molecular flexibility index (Phi) is 6.05. The van der Waals surface area contributed by atoms with Crippen molar-refractivity contribution in [3.05, 3.63) is 77.0 Å². The summed E-state index contributed by atoms with van der Waals surface area (Å²) in [5, 5.41) is 19.2. The van der Waals surface area contributed by atoms with Crippen LogP contribution in [-0.2, 0) is 19.0 Å². The fourth-order valence-corrected chi connectivity index (χ4v) is 4.16. The molecule has 5 nitrogen and oxygen atoms in total. The van der Waals surface area contributed by atoms with Crippen molar-refractivity contribution in [1.82, 2.24) is 15.4 Å². The molecule has 0 unspecified atom stereocenters. The maximum absolute atomic E-state index is 13.3. The predicted molar refractivity (Wildman–Crippen MR) is 111 cm³/mol. The first-order valence-corrected chi connectivity index (χ1v) is 10.3. The lowest BCUT2D eigenvalue weighted by Gasteiger charge is -2.16. The van der Waals surface area contributed by atoms with Crippen LogP contribution in [0.15, 0.2) is 54.6 Å². The largest absolute Gasteiger partial charge is 0.489 e. The Morgan fingerprint density at radius 2 is 1.68 bits per heavy atom. The SMILES string of the molecule is N#Cc1n[nH]nc1-c1ccc(-c2cccc(OCc3cc(C(F)(F)F)ccc3C(F)(F)F)c2)s1. The number of aromatic nitrogens is 3. The van der Waals surface area contributed by atoms with Crippen LogP contribution >= 0.6 is 11.3 Å². The minimum atomic E-state index is -4.83. The number of nitriles is 1. The zero-order valence-corrected chi connectivity index (χ0v) is 17.6. The Bertz CT molecular complexity index is 1370. The van der Waals surface area contributed by atoms with Crippen LogP contribution in [0.4, 0.5) is 26.3 Å². The molecule has 0 aliphatic rings. The summed E-state index contributed by atoms with van der Waals surface area (Å²) >= 11 is 1.30. The molecule has 1 N–H and O–H groups in total. The summed E-state index contributed by atoms with van der Waals surface area (Å²) in [7, 11) is 0. The smallest absolute Gasteiger partial charge is 0.416 e. The molecule has 0 radical (unpaired) electrons. The second kappa shape index (κ2) is 8.83. The molecule has 0 aliphatic heterocycles. The number of ether oxygens (including phenoxy) is 1. The van der Waals surface area contributed by atoms with Crippen molar-refractivity contribution in [3.8, 4) is 32.8 Å². The van der Waals surface area contributed by atoms with E-state index in [1.165, 1.54) is 17.4 Å². The highest BCUT2D eigenvalue weighted by molar-refractivity contribution is 7.18. The van der Waals surface area contributed by atoms with Crippen LogP contribution < -0.4 is 4.74 Å². The molecular weight excluding hydrogens is 482 g/mol. The van der Waals surface area contributed by atoms with E-state index in [0.717, 1.165) is 4.88 Å². The van der Waals surface area contributed by atoms with Crippen LogP contribution in [0.25, 0.3) is 21.0 Å². The molecule has 0 spiro atoms. The number of halogens is 6. The number of thiophene rings is 1. The first kappa shape index (κ1) is 23.3. The molecule has 0 fully saturated rings. The topological polar surface area (TPSA) is 74.6 Å². The number of hydrogen-bond donors (Lipinski definition) is 1. The van der Waals surface area contributed by atoms with Gasteiger partial charge in [0.05, 0.1) is 16.0 Å². The van der Waals surface area contributed by atoms with Gasteiger partial charge in [0.2, 0.25) is 0 Å². The lowest BCUT2D eigenvalue weighted by Crippen LogP contribution is -2.14. The molecule has 0 saturated carbocycles. The summed E-state index contributed by atoms with van der Waals surface area (Å²) in [5.74, 6) is 0.178. The van der Waals surface area contributed by atoms with Crippen LogP contribution in [0.2, 0.25) is 0 Å². The maximum Gasteiger partial charge on any atom is 0.416 e. The molecule has 4 aromatic rings. The van der Waals surface area contributed by atoms with Gasteiger partial charge >= 0.3 is 12.4 Å². The van der Waals surface area contributed by atoms with Crippen molar-refractivity contribution in [2.75, 3.05) is 0 Å². The van der Waals surface area contributed by atoms with E-state index in [-0.39, 0.29) is 11.4 Å². The molecule has 12 heteroatoms. The number of aromatic amines is 1. The van der Waals surface area contributed by atoms with E-state index in [2.05, 4.69) is 15.4 Å². The summed E-state index contributed by atoms with van der Waals surface area (Å²) in [6.45, 7) is -0.706. The van der Waals surface area contributed by atoms with Gasteiger partial charge in [-0.3, -0.25) is 0 Å². The molecule has 0 bridgehead atoms. The second-order valence-electron chi connectivity index (χ2n) is 6.98. The van der Waals surface area contributed by atoms with E-state index in [9.17, 15) is 26.3 Å². The Hall–Kier alpha value is -3.85. The molecule has 4 rings (SSSR count). The van der Waals surface area contributed by atoms with E-state index in [1.54, 1.807) is 30.3 Å². The van der Waals surface area contributed by atoms with Gasteiger partial charge in [-0.2, -0.15) is 41.9 Å². The number of rotatable bonds is 5. The number of alkyl halides is 6. The molecule has 0 saturated heterocycles. The van der Waals surface area contributed by atoms with Crippen molar-refractivity contribution < 1.29 is 31.1 Å². The van der Waals surface area contributed by atoms with Crippen molar-refractivity contribution in [2.24, 2.45) is 0 Å². The summed E-state index contributed by atoms with van der Waals surface area (Å²) < 4.78 is 84.3. The number of nitrogens with one attached hydrogen (secondary N) is 1. The van der Waals surface area contributed by atoms with Crippen molar-refractivity contribution in [3.63, 3.8) is 0 Å². The number of H-pyrrole nitrogens is 1. The molecule has 2 aromatic carbocycles. The first-order valence-electron chi connectivity index (χ1n) is 9.48. The monoisotopic (exact) mass is 494 g/mol. The molecule has 2 aromatic heterocycles. The standard InChI is InChI=1S/C22H12F6N4OS/c23-21(24,25)14-4-5-16(22(26,27)28)13(8-14)11-33-15-3-1-2-12(9-15)18-6-7-19(34-18)20-17(10-29)30-32-31-20/h1-9H,11H2,(H,30,31,32). The molecule has 0 amide bonds. The third-order valence-corrected chi connectivity index (χ3v) is 5.89. The first-order chi connectivity index (χ1) is 16.1. The van der Waals surface area contributed by atoms with Gasteiger partial charge in [0.1, 0.15) is 24.1 Å². The van der Waals surface area contributed by atoms with E-state index in [1.807, 2.05) is 6.07 Å². The summed E-state index contributed by atoms with van der Waals surface area (Å²) in [6.07, 6.45) is -9.62. The minimum absolute atomic E-state index is 0.132. The minimum Gasteiger partial charge on any atom is -0.489 e. The molecule has 0 atom stereocenters. The summed E-state index contributed by atoms with van der Waals surface area (Å²) in [4.78, 5) is 1.42. The van der Waals surface area contributed by atoms with E-state index in [4.69, 9.17) is 10.00 Å². The second-order valence-corrected chi connectivity index (χ2v) is 8.06. The summed E-state index contributed by atoms with van der Waals surface area (Å²) in [6, 6.07) is 13.1. The van der Waals surface area contributed by atoms with Gasteiger partial charge in [-0.25, -0.2) is 0 Å². The average molecular weight is 494 g/mol. The van der Waals surface area contributed by atoms with Crippen molar-refractivity contribution in [2.45, 2.75) is 19.0 Å². The van der Waals surface area contributed by atoms with Crippen LogP contribution in [0.5, 0.6) is 5.75 Å². The Balaban J connectivity index is 1.58. The Labute approximate surface area is 192 Å². The van der Waals surface area contributed by atoms with Crippen molar-refractivity contribution in [1.29, 1.82) is 5.26 Å². The van der Waals surface area contributed by atoms with Gasteiger partial charge < -0.3 is 4.74 Å². The highest BCUT2D eigenvalue weighted by atomic mass is 32.1. The zero-order valence-electron chi connectivity index (χ0n) is 16.8. The normalized spacial score (nSPS) is 11.9. The molecule has 34 heavy (non-hydrogen) atoms. The highest BCUT2D eigenvalue weighted by Gasteiger charge is 2.37. The molecule has 174 valence electrons. The number of nitrogens with zero attached hydrogens (tertiary/aromatic N) is 3. The molecular formula is C22H12F6N4OS. The Morgan fingerprint density at radius 3 is 2.38 bits per heavy atom. The van der Waals surface area contributed by atoms with E-state index >= 15 is 0 Å². The fourth-order valence-electron chi connectivity index (χ4n) is 3.17. The van der Waals surface area contributed by atoms with Gasteiger partial charge in [-0.05, 0) is 48.0 Å². The third kappa shape index (κ3) is 4.89. The lowest BCUT2D eigenvalue weighted by atomic mass is 10.0. The van der Waals surface area contributed by atoms with Crippen LogP contribution in [0.1, 0.15) is 22.4 Å². The highest BCUT2D eigenvalue weighted by Crippen LogP contribution is 2.38.